The third-order valence-corrected chi connectivity index (χ3v) is 4.62. The highest BCUT2D eigenvalue weighted by molar-refractivity contribution is 5.77. The van der Waals surface area contributed by atoms with Crippen LogP contribution in [-0.4, -0.2) is 42.1 Å². The first-order valence-corrected chi connectivity index (χ1v) is 7.63. The van der Waals surface area contributed by atoms with E-state index in [9.17, 15) is 4.79 Å². The minimum absolute atomic E-state index is 0.0789. The molecule has 0 aliphatic carbocycles. The molecule has 1 unspecified atom stereocenters. The number of hydrogen-bond acceptors (Lipinski definition) is 3. The van der Waals surface area contributed by atoms with E-state index < -0.39 is 0 Å². The zero-order valence-corrected chi connectivity index (χ0v) is 12.4. The smallest absolute Gasteiger partial charge is 0.223 e. The molecular weight excluding hydrogens is 240 g/mol. The van der Waals surface area contributed by atoms with E-state index in [1.54, 1.807) is 0 Å². The molecule has 2 heterocycles. The molecule has 19 heavy (non-hydrogen) atoms. The summed E-state index contributed by atoms with van der Waals surface area (Å²) in [6, 6.07) is 0.245. The fourth-order valence-corrected chi connectivity index (χ4v) is 3.41. The Morgan fingerprint density at radius 1 is 1.32 bits per heavy atom. The zero-order chi connectivity index (χ0) is 13.9. The SMILES string of the molecule is CC1(C)CC(N)CCN1C(=O)CCC1CCOCC1. The number of carbonyl (C=O) groups excluding carboxylic acids is 1. The molecule has 0 aromatic rings. The van der Waals surface area contributed by atoms with Crippen molar-refractivity contribution in [1.82, 2.24) is 4.90 Å². The van der Waals surface area contributed by atoms with Crippen molar-refractivity contribution in [2.45, 2.75) is 64.0 Å². The zero-order valence-electron chi connectivity index (χ0n) is 12.4. The molecule has 2 aliphatic heterocycles. The fourth-order valence-electron chi connectivity index (χ4n) is 3.41. The standard InChI is InChI=1S/C15H28N2O2/c1-15(2)11-13(16)5-8-17(15)14(18)4-3-12-6-9-19-10-7-12/h12-13H,3-11,16H2,1-2H3. The van der Waals surface area contributed by atoms with Gasteiger partial charge in [0.25, 0.3) is 0 Å². The second kappa shape index (κ2) is 6.23. The maximum absolute atomic E-state index is 12.4. The van der Waals surface area contributed by atoms with Gasteiger partial charge in [0, 0.05) is 37.8 Å². The van der Waals surface area contributed by atoms with E-state index >= 15 is 0 Å². The number of nitrogens with zero attached hydrogens (tertiary/aromatic N) is 1. The van der Waals surface area contributed by atoms with Crippen LogP contribution in [0.5, 0.6) is 0 Å². The molecule has 2 fully saturated rings. The summed E-state index contributed by atoms with van der Waals surface area (Å²) in [4.78, 5) is 14.5. The van der Waals surface area contributed by atoms with Gasteiger partial charge in [-0.1, -0.05) is 0 Å². The maximum Gasteiger partial charge on any atom is 0.223 e. The van der Waals surface area contributed by atoms with Crippen molar-refractivity contribution in [3.8, 4) is 0 Å². The number of nitrogens with two attached hydrogens (primary N) is 1. The number of ether oxygens (including phenoxy) is 1. The summed E-state index contributed by atoms with van der Waals surface area (Å²) in [5.74, 6) is 0.983. The molecule has 1 amide bonds. The summed E-state index contributed by atoms with van der Waals surface area (Å²) in [6.07, 6.45) is 5.77. The minimum Gasteiger partial charge on any atom is -0.381 e. The van der Waals surface area contributed by atoms with Crippen LogP contribution in [0.1, 0.15) is 52.4 Å². The number of carbonyl (C=O) groups is 1. The van der Waals surface area contributed by atoms with Gasteiger partial charge in [-0.15, -0.1) is 0 Å². The van der Waals surface area contributed by atoms with E-state index in [1.807, 2.05) is 0 Å². The topological polar surface area (TPSA) is 55.6 Å². The Morgan fingerprint density at radius 3 is 2.63 bits per heavy atom. The van der Waals surface area contributed by atoms with Crippen LogP contribution in [0.4, 0.5) is 0 Å². The molecule has 2 saturated heterocycles. The Bertz CT molecular complexity index is 311. The first-order chi connectivity index (χ1) is 8.99. The number of piperidine rings is 1. The van der Waals surface area contributed by atoms with E-state index in [1.165, 1.54) is 0 Å². The summed E-state index contributed by atoms with van der Waals surface area (Å²) in [6.45, 7) is 6.82. The van der Waals surface area contributed by atoms with Gasteiger partial charge in [0.2, 0.25) is 5.91 Å². The van der Waals surface area contributed by atoms with E-state index in [0.717, 1.165) is 51.9 Å². The number of hydrogen-bond donors (Lipinski definition) is 1. The first-order valence-electron chi connectivity index (χ1n) is 7.63. The van der Waals surface area contributed by atoms with Crippen LogP contribution in [0.2, 0.25) is 0 Å². The van der Waals surface area contributed by atoms with Crippen LogP contribution in [0.25, 0.3) is 0 Å². The van der Waals surface area contributed by atoms with Crippen LogP contribution >= 0.6 is 0 Å². The van der Waals surface area contributed by atoms with Gasteiger partial charge < -0.3 is 15.4 Å². The Kier molecular flexibility index (Phi) is 4.85. The molecule has 0 bridgehead atoms. The van der Waals surface area contributed by atoms with Gasteiger partial charge in [-0.3, -0.25) is 4.79 Å². The second-order valence-electron chi connectivity index (χ2n) is 6.71. The summed E-state index contributed by atoms with van der Waals surface area (Å²) in [5.41, 5.74) is 5.93. The first kappa shape index (κ1) is 14.8. The van der Waals surface area contributed by atoms with E-state index in [0.29, 0.717) is 18.2 Å². The van der Waals surface area contributed by atoms with Crippen LogP contribution in [0.3, 0.4) is 0 Å². The molecular formula is C15H28N2O2. The molecule has 4 heteroatoms. The number of rotatable bonds is 3. The second-order valence-corrected chi connectivity index (χ2v) is 6.71. The molecule has 0 saturated carbocycles. The van der Waals surface area contributed by atoms with E-state index in [2.05, 4.69) is 18.7 Å². The molecule has 0 aromatic carbocycles. The molecule has 4 nitrogen and oxygen atoms in total. The largest absolute Gasteiger partial charge is 0.381 e. The van der Waals surface area contributed by atoms with Crippen molar-refractivity contribution in [2.24, 2.45) is 11.7 Å². The van der Waals surface area contributed by atoms with Gasteiger partial charge in [0.15, 0.2) is 0 Å². The average molecular weight is 268 g/mol. The van der Waals surface area contributed by atoms with Gasteiger partial charge in [0.1, 0.15) is 0 Å². The molecule has 1 atom stereocenters. The summed E-state index contributed by atoms with van der Waals surface area (Å²) in [7, 11) is 0. The highest BCUT2D eigenvalue weighted by atomic mass is 16.5. The normalized spacial score (nSPS) is 28.4. The lowest BCUT2D eigenvalue weighted by atomic mass is 9.86. The molecule has 0 spiro atoms. The van der Waals surface area contributed by atoms with Gasteiger partial charge in [-0.25, -0.2) is 0 Å². The molecule has 2 aliphatic rings. The quantitative estimate of drug-likeness (QED) is 0.851. The Morgan fingerprint density at radius 2 is 2.00 bits per heavy atom. The van der Waals surface area contributed by atoms with Crippen LogP contribution < -0.4 is 5.73 Å². The van der Waals surface area contributed by atoms with Gasteiger partial charge in [-0.2, -0.15) is 0 Å². The molecule has 0 radical (unpaired) electrons. The molecule has 2 N–H and O–H groups in total. The third-order valence-electron chi connectivity index (χ3n) is 4.62. The molecule has 0 aromatic heterocycles. The number of likely N-dealkylation sites (tertiary alicyclic amines) is 1. The van der Waals surface area contributed by atoms with Gasteiger partial charge >= 0.3 is 0 Å². The lowest BCUT2D eigenvalue weighted by Crippen LogP contribution is -2.55. The Labute approximate surface area is 116 Å². The monoisotopic (exact) mass is 268 g/mol. The predicted octanol–water partition coefficient (Wildman–Crippen LogP) is 1.92. The minimum atomic E-state index is -0.0789. The van der Waals surface area contributed by atoms with Crippen molar-refractivity contribution in [3.05, 3.63) is 0 Å². The Hall–Kier alpha value is -0.610. The van der Waals surface area contributed by atoms with Gasteiger partial charge in [0.05, 0.1) is 0 Å². The van der Waals surface area contributed by atoms with Crippen molar-refractivity contribution >= 4 is 5.91 Å². The van der Waals surface area contributed by atoms with Crippen LogP contribution in [-0.2, 0) is 9.53 Å². The summed E-state index contributed by atoms with van der Waals surface area (Å²) < 4.78 is 5.36. The number of amides is 1. The van der Waals surface area contributed by atoms with Gasteiger partial charge in [-0.05, 0) is 51.9 Å². The highest BCUT2D eigenvalue weighted by Gasteiger charge is 2.36. The van der Waals surface area contributed by atoms with E-state index in [4.69, 9.17) is 10.5 Å². The van der Waals surface area contributed by atoms with Crippen molar-refractivity contribution in [1.29, 1.82) is 0 Å². The summed E-state index contributed by atoms with van der Waals surface area (Å²) in [5, 5.41) is 0. The maximum atomic E-state index is 12.4. The van der Waals surface area contributed by atoms with Crippen molar-refractivity contribution < 1.29 is 9.53 Å². The lowest BCUT2D eigenvalue weighted by molar-refractivity contribution is -0.139. The third kappa shape index (κ3) is 3.93. The van der Waals surface area contributed by atoms with Crippen molar-refractivity contribution in [2.75, 3.05) is 19.8 Å². The van der Waals surface area contributed by atoms with E-state index in [-0.39, 0.29) is 11.6 Å². The Balaban J connectivity index is 1.81. The average Bonchev–Trinajstić information content (AvgIpc) is 2.36. The lowest BCUT2D eigenvalue weighted by Gasteiger charge is -2.45. The molecule has 2 rings (SSSR count). The highest BCUT2D eigenvalue weighted by Crippen LogP contribution is 2.28. The summed E-state index contributed by atoms with van der Waals surface area (Å²) >= 11 is 0. The van der Waals surface area contributed by atoms with Crippen LogP contribution in [0.15, 0.2) is 0 Å². The predicted molar refractivity (Wildman–Crippen MR) is 75.8 cm³/mol. The fraction of sp³-hybridized carbons (Fsp3) is 0.933. The van der Waals surface area contributed by atoms with Crippen molar-refractivity contribution in [3.63, 3.8) is 0 Å². The molecule has 110 valence electrons. The van der Waals surface area contributed by atoms with Crippen LogP contribution in [0, 0.1) is 5.92 Å².